The lowest BCUT2D eigenvalue weighted by atomic mass is 9.72. The lowest BCUT2D eigenvalue weighted by Gasteiger charge is -2.54. The largest absolute Gasteiger partial charge is 0.336 e. The fourth-order valence-corrected chi connectivity index (χ4v) is 5.40. The SMILES string of the molecule is N#CC1(NC(=O)[C@H](CCC(F)(F)c2ccccc2)NC(=O)N2CC3(CCN(C4CC4)CC3)C2)CC1. The number of nitriles is 1. The number of benzene rings is 1. The number of likely N-dealkylation sites (tertiary alicyclic amines) is 2. The minimum atomic E-state index is -3.13. The average molecular weight is 486 g/mol. The topological polar surface area (TPSA) is 88.5 Å². The predicted octanol–water partition coefficient (Wildman–Crippen LogP) is 3.37. The molecule has 3 amide bonds. The van der Waals surface area contributed by atoms with Crippen LogP contribution in [0.25, 0.3) is 0 Å². The Morgan fingerprint density at radius 3 is 2.34 bits per heavy atom. The van der Waals surface area contributed by atoms with E-state index in [1.165, 1.54) is 25.0 Å². The summed E-state index contributed by atoms with van der Waals surface area (Å²) in [6.07, 6.45) is 4.95. The van der Waals surface area contributed by atoms with Crippen molar-refractivity contribution < 1.29 is 18.4 Å². The monoisotopic (exact) mass is 485 g/mol. The quantitative estimate of drug-likeness (QED) is 0.591. The molecule has 7 nitrogen and oxygen atoms in total. The van der Waals surface area contributed by atoms with E-state index in [9.17, 15) is 23.6 Å². The maximum atomic E-state index is 14.8. The van der Waals surface area contributed by atoms with Crippen LogP contribution < -0.4 is 10.6 Å². The highest BCUT2D eigenvalue weighted by molar-refractivity contribution is 5.88. The van der Waals surface area contributed by atoms with Crippen LogP contribution in [-0.2, 0) is 10.7 Å². The second-order valence-corrected chi connectivity index (χ2v) is 10.9. The number of piperidine rings is 1. The number of alkyl halides is 2. The number of rotatable bonds is 8. The standard InChI is InChI=1S/C26H33F2N5O2/c27-26(28,19-4-2-1-3-5-19)9-8-21(22(34)31-25(16-29)10-11-25)30-23(35)33-17-24(18-33)12-14-32(15-13-24)20-6-7-20/h1-5,20-21H,6-15,17-18H2,(H,30,35)(H,31,34)/t21-/m0/s1. The van der Waals surface area contributed by atoms with Crippen molar-refractivity contribution in [1.29, 1.82) is 5.26 Å². The van der Waals surface area contributed by atoms with Crippen molar-refractivity contribution in [2.45, 2.75) is 74.9 Å². The van der Waals surface area contributed by atoms with Gasteiger partial charge < -0.3 is 20.4 Å². The van der Waals surface area contributed by atoms with E-state index >= 15 is 0 Å². The van der Waals surface area contributed by atoms with Gasteiger partial charge in [0.25, 0.3) is 5.92 Å². The number of carbonyl (C=O) groups excluding carboxylic acids is 2. The van der Waals surface area contributed by atoms with Gasteiger partial charge in [0.15, 0.2) is 0 Å². The summed E-state index contributed by atoms with van der Waals surface area (Å²) in [6, 6.07) is 8.79. The zero-order chi connectivity index (χ0) is 24.7. The van der Waals surface area contributed by atoms with Crippen LogP contribution in [0.4, 0.5) is 13.6 Å². The van der Waals surface area contributed by atoms with E-state index in [-0.39, 0.29) is 17.4 Å². The highest BCUT2D eigenvalue weighted by Gasteiger charge is 2.49. The molecule has 0 bridgehead atoms. The third-order valence-corrected chi connectivity index (χ3v) is 8.15. The normalized spacial score (nSPS) is 23.6. The summed E-state index contributed by atoms with van der Waals surface area (Å²) in [5, 5.41) is 14.7. The molecule has 2 saturated carbocycles. The molecule has 5 rings (SSSR count). The van der Waals surface area contributed by atoms with Gasteiger partial charge in [0.1, 0.15) is 11.6 Å². The van der Waals surface area contributed by atoms with Crippen LogP contribution in [0.1, 0.15) is 56.9 Å². The molecule has 1 aromatic rings. The first kappa shape index (κ1) is 24.0. The maximum absolute atomic E-state index is 14.8. The van der Waals surface area contributed by atoms with Crippen LogP contribution in [0.5, 0.6) is 0 Å². The van der Waals surface area contributed by atoms with Crippen molar-refractivity contribution in [1.82, 2.24) is 20.4 Å². The molecule has 0 radical (unpaired) electrons. The number of amides is 3. The van der Waals surface area contributed by atoms with E-state index in [0.717, 1.165) is 32.0 Å². The molecule has 1 spiro atoms. The van der Waals surface area contributed by atoms with Crippen LogP contribution in [0, 0.1) is 16.7 Å². The Hall–Kier alpha value is -2.73. The molecule has 1 atom stereocenters. The van der Waals surface area contributed by atoms with Crippen molar-refractivity contribution in [3.63, 3.8) is 0 Å². The van der Waals surface area contributed by atoms with Crippen LogP contribution in [0.15, 0.2) is 30.3 Å². The number of hydrogen-bond donors (Lipinski definition) is 2. The van der Waals surface area contributed by atoms with Gasteiger partial charge >= 0.3 is 6.03 Å². The lowest BCUT2D eigenvalue weighted by molar-refractivity contribution is -0.124. The summed E-state index contributed by atoms with van der Waals surface area (Å²) in [4.78, 5) is 30.1. The fourth-order valence-electron chi connectivity index (χ4n) is 5.40. The first-order valence-electron chi connectivity index (χ1n) is 12.7. The van der Waals surface area contributed by atoms with E-state index in [1.54, 1.807) is 23.1 Å². The maximum Gasteiger partial charge on any atom is 0.318 e. The highest BCUT2D eigenvalue weighted by Crippen LogP contribution is 2.43. The number of nitrogens with one attached hydrogen (secondary N) is 2. The summed E-state index contributed by atoms with van der Waals surface area (Å²) in [5.41, 5.74) is -0.915. The van der Waals surface area contributed by atoms with Crippen LogP contribution >= 0.6 is 0 Å². The molecule has 1 aromatic carbocycles. The molecule has 2 heterocycles. The second kappa shape index (κ2) is 9.05. The Labute approximate surface area is 204 Å². The average Bonchev–Trinajstić information content (AvgIpc) is 3.76. The Morgan fingerprint density at radius 1 is 1.11 bits per heavy atom. The minimum Gasteiger partial charge on any atom is -0.336 e. The molecule has 9 heteroatoms. The number of halogens is 2. The van der Waals surface area contributed by atoms with Crippen molar-refractivity contribution in [2.24, 2.45) is 5.41 Å². The zero-order valence-corrected chi connectivity index (χ0v) is 19.9. The van der Waals surface area contributed by atoms with Crippen molar-refractivity contribution in [2.75, 3.05) is 26.2 Å². The molecule has 4 fully saturated rings. The van der Waals surface area contributed by atoms with Gasteiger partial charge in [-0.25, -0.2) is 13.6 Å². The van der Waals surface area contributed by atoms with Gasteiger partial charge in [-0.3, -0.25) is 4.79 Å². The second-order valence-electron chi connectivity index (χ2n) is 10.9. The van der Waals surface area contributed by atoms with E-state index < -0.39 is 35.9 Å². The fraction of sp³-hybridized carbons (Fsp3) is 0.654. The molecule has 0 unspecified atom stereocenters. The highest BCUT2D eigenvalue weighted by atomic mass is 19.3. The van der Waals surface area contributed by atoms with E-state index in [0.29, 0.717) is 25.9 Å². The molecular weight excluding hydrogens is 452 g/mol. The molecule has 35 heavy (non-hydrogen) atoms. The van der Waals surface area contributed by atoms with Gasteiger partial charge in [-0.05, 0) is 58.0 Å². The Bertz CT molecular complexity index is 987. The van der Waals surface area contributed by atoms with E-state index in [4.69, 9.17) is 0 Å². The van der Waals surface area contributed by atoms with Crippen LogP contribution in [-0.4, -0.2) is 65.5 Å². The van der Waals surface area contributed by atoms with Crippen LogP contribution in [0.2, 0.25) is 0 Å². The van der Waals surface area contributed by atoms with Crippen molar-refractivity contribution >= 4 is 11.9 Å². The molecule has 2 saturated heterocycles. The molecule has 2 aliphatic carbocycles. The van der Waals surface area contributed by atoms with Crippen LogP contribution in [0.3, 0.4) is 0 Å². The first-order chi connectivity index (χ1) is 16.7. The Kier molecular flexibility index (Phi) is 6.20. The smallest absolute Gasteiger partial charge is 0.318 e. The number of hydrogen-bond acceptors (Lipinski definition) is 4. The van der Waals surface area contributed by atoms with Crippen molar-refractivity contribution in [3.8, 4) is 6.07 Å². The predicted molar refractivity (Wildman–Crippen MR) is 125 cm³/mol. The molecule has 2 N–H and O–H groups in total. The van der Waals surface area contributed by atoms with Gasteiger partial charge in [-0.2, -0.15) is 5.26 Å². The lowest BCUT2D eigenvalue weighted by Crippen LogP contribution is -2.65. The summed E-state index contributed by atoms with van der Waals surface area (Å²) in [6.45, 7) is 3.40. The molecule has 4 aliphatic rings. The van der Waals surface area contributed by atoms with Gasteiger partial charge in [0.2, 0.25) is 5.91 Å². The van der Waals surface area contributed by atoms with Crippen molar-refractivity contribution in [3.05, 3.63) is 35.9 Å². The Balaban J connectivity index is 1.18. The minimum absolute atomic E-state index is 0.122. The molecule has 188 valence electrons. The Morgan fingerprint density at radius 2 is 1.77 bits per heavy atom. The zero-order valence-electron chi connectivity index (χ0n) is 19.9. The van der Waals surface area contributed by atoms with Gasteiger partial charge in [-0.1, -0.05) is 30.3 Å². The third-order valence-electron chi connectivity index (χ3n) is 8.15. The third kappa shape index (κ3) is 5.27. The summed E-state index contributed by atoms with van der Waals surface area (Å²) >= 11 is 0. The molecular formula is C26H33F2N5O2. The molecule has 0 aromatic heterocycles. The number of nitrogens with zero attached hydrogens (tertiary/aromatic N) is 3. The summed E-state index contributed by atoms with van der Waals surface area (Å²) < 4.78 is 29.6. The number of urea groups is 1. The van der Waals surface area contributed by atoms with Gasteiger partial charge in [-0.15, -0.1) is 0 Å². The number of carbonyl (C=O) groups is 2. The summed E-state index contributed by atoms with van der Waals surface area (Å²) in [7, 11) is 0. The van der Waals surface area contributed by atoms with Gasteiger partial charge in [0, 0.05) is 36.5 Å². The van der Waals surface area contributed by atoms with Gasteiger partial charge in [0.05, 0.1) is 6.07 Å². The first-order valence-corrected chi connectivity index (χ1v) is 12.7. The summed E-state index contributed by atoms with van der Waals surface area (Å²) in [5.74, 6) is -3.71. The molecule has 2 aliphatic heterocycles. The van der Waals surface area contributed by atoms with E-state index in [2.05, 4.69) is 21.6 Å². The van der Waals surface area contributed by atoms with E-state index in [1.807, 2.05) is 0 Å².